The molecular formula is C23H23NO4. The number of aliphatic carboxylic acids is 1. The van der Waals surface area contributed by atoms with Crippen LogP contribution in [-0.2, 0) is 9.53 Å². The van der Waals surface area contributed by atoms with Crippen LogP contribution >= 0.6 is 0 Å². The van der Waals surface area contributed by atoms with Gasteiger partial charge in [-0.2, -0.15) is 0 Å². The quantitative estimate of drug-likeness (QED) is 0.813. The molecule has 0 radical (unpaired) electrons. The van der Waals surface area contributed by atoms with Gasteiger partial charge in [0.15, 0.2) is 0 Å². The zero-order valence-electron chi connectivity index (χ0n) is 15.6. The summed E-state index contributed by atoms with van der Waals surface area (Å²) in [5.74, 6) is -0.541. The number of carboxylic acid groups (broad SMARTS) is 1. The Balaban J connectivity index is 1.33. The van der Waals surface area contributed by atoms with E-state index in [0.717, 1.165) is 6.42 Å². The highest BCUT2D eigenvalue weighted by atomic mass is 16.5. The Morgan fingerprint density at radius 1 is 1.04 bits per heavy atom. The molecule has 0 heterocycles. The van der Waals surface area contributed by atoms with Crippen molar-refractivity contribution in [3.63, 3.8) is 0 Å². The van der Waals surface area contributed by atoms with Crippen molar-refractivity contribution in [1.82, 2.24) is 5.32 Å². The number of nitrogens with one attached hydrogen (secondary N) is 1. The number of carbonyl (C=O) groups is 2. The molecule has 0 aliphatic heterocycles. The van der Waals surface area contributed by atoms with Crippen molar-refractivity contribution in [1.29, 1.82) is 0 Å². The Morgan fingerprint density at radius 2 is 1.68 bits per heavy atom. The molecular weight excluding hydrogens is 354 g/mol. The van der Waals surface area contributed by atoms with E-state index >= 15 is 0 Å². The monoisotopic (exact) mass is 377 g/mol. The van der Waals surface area contributed by atoms with E-state index in [9.17, 15) is 9.59 Å². The van der Waals surface area contributed by atoms with Crippen LogP contribution in [0.1, 0.15) is 36.3 Å². The maximum Gasteiger partial charge on any atom is 0.407 e. The summed E-state index contributed by atoms with van der Waals surface area (Å²) in [6.45, 7) is 0.799. The third-order valence-corrected chi connectivity index (χ3v) is 5.67. The van der Waals surface area contributed by atoms with E-state index in [0.29, 0.717) is 31.6 Å². The van der Waals surface area contributed by atoms with E-state index in [1.165, 1.54) is 22.3 Å². The van der Waals surface area contributed by atoms with Gasteiger partial charge in [-0.3, -0.25) is 0 Å². The fraction of sp³-hybridized carbons (Fsp3) is 0.304. The second-order valence-corrected chi connectivity index (χ2v) is 7.38. The van der Waals surface area contributed by atoms with Crippen LogP contribution in [0.25, 0.3) is 11.1 Å². The van der Waals surface area contributed by atoms with Gasteiger partial charge in [0.2, 0.25) is 0 Å². The largest absolute Gasteiger partial charge is 0.478 e. The van der Waals surface area contributed by atoms with Gasteiger partial charge in [-0.05, 0) is 47.4 Å². The van der Waals surface area contributed by atoms with Crippen molar-refractivity contribution in [2.24, 2.45) is 5.92 Å². The van der Waals surface area contributed by atoms with E-state index in [1.54, 1.807) is 6.08 Å². The van der Waals surface area contributed by atoms with E-state index in [2.05, 4.69) is 29.6 Å². The van der Waals surface area contributed by atoms with Crippen LogP contribution in [0.3, 0.4) is 0 Å². The number of carbonyl (C=O) groups excluding carboxylic acids is 1. The SMILES string of the molecule is O=C(NCC1CC=C(C(=O)O)CC1)OCC1c2ccccc2-c2ccccc21. The predicted molar refractivity (Wildman–Crippen MR) is 106 cm³/mol. The molecule has 1 atom stereocenters. The van der Waals surface area contributed by atoms with E-state index in [-0.39, 0.29) is 11.8 Å². The highest BCUT2D eigenvalue weighted by Crippen LogP contribution is 2.44. The van der Waals surface area contributed by atoms with Crippen LogP contribution in [0.15, 0.2) is 60.2 Å². The zero-order chi connectivity index (χ0) is 19.5. The Kier molecular flexibility index (Phi) is 5.15. The van der Waals surface area contributed by atoms with Crippen LogP contribution in [0, 0.1) is 5.92 Å². The minimum absolute atomic E-state index is 0.0499. The first kappa shape index (κ1) is 18.3. The Labute approximate surface area is 164 Å². The maximum atomic E-state index is 12.2. The molecule has 2 aromatic rings. The van der Waals surface area contributed by atoms with Gasteiger partial charge in [0, 0.05) is 18.0 Å². The summed E-state index contributed by atoms with van der Waals surface area (Å²) in [4.78, 5) is 23.2. The Hall–Kier alpha value is -3.08. The first-order valence-corrected chi connectivity index (χ1v) is 9.64. The normalized spacial score (nSPS) is 18.0. The molecule has 0 bridgehead atoms. The highest BCUT2D eigenvalue weighted by molar-refractivity contribution is 5.86. The number of ether oxygens (including phenoxy) is 1. The molecule has 5 nitrogen and oxygen atoms in total. The van der Waals surface area contributed by atoms with Crippen LogP contribution in [0.2, 0.25) is 0 Å². The van der Waals surface area contributed by atoms with Gasteiger partial charge >= 0.3 is 12.1 Å². The highest BCUT2D eigenvalue weighted by Gasteiger charge is 2.29. The van der Waals surface area contributed by atoms with Crippen LogP contribution in [0.5, 0.6) is 0 Å². The molecule has 1 amide bonds. The summed E-state index contributed by atoms with van der Waals surface area (Å²) in [5, 5.41) is 11.8. The van der Waals surface area contributed by atoms with Crippen molar-refractivity contribution in [3.05, 3.63) is 71.3 Å². The third kappa shape index (κ3) is 3.65. The average molecular weight is 377 g/mol. The standard InChI is InChI=1S/C23H23NO4/c25-22(26)16-11-9-15(10-12-16)13-24-23(27)28-14-21-19-7-3-1-5-17(19)18-6-2-4-8-20(18)21/h1-8,11,15,21H,9-10,12-14H2,(H,24,27)(H,25,26). The molecule has 2 aliphatic rings. The molecule has 0 spiro atoms. The fourth-order valence-electron chi connectivity index (χ4n) is 4.15. The van der Waals surface area contributed by atoms with Gasteiger partial charge in [-0.15, -0.1) is 0 Å². The van der Waals surface area contributed by atoms with Crippen LogP contribution < -0.4 is 5.32 Å². The number of fused-ring (bicyclic) bond motifs is 3. The number of carboxylic acids is 1. The Bertz CT molecular complexity index is 888. The summed E-state index contributed by atoms with van der Waals surface area (Å²) < 4.78 is 5.53. The van der Waals surface area contributed by atoms with E-state index < -0.39 is 12.1 Å². The molecule has 144 valence electrons. The van der Waals surface area contributed by atoms with Gasteiger partial charge in [-0.1, -0.05) is 54.6 Å². The summed E-state index contributed by atoms with van der Waals surface area (Å²) in [5.41, 5.74) is 5.26. The van der Waals surface area contributed by atoms with Gasteiger partial charge in [0.1, 0.15) is 6.61 Å². The lowest BCUT2D eigenvalue weighted by Gasteiger charge is -2.21. The number of hydrogen-bond donors (Lipinski definition) is 2. The van der Waals surface area contributed by atoms with E-state index in [1.807, 2.05) is 24.3 Å². The van der Waals surface area contributed by atoms with Gasteiger partial charge in [-0.25, -0.2) is 9.59 Å². The van der Waals surface area contributed by atoms with Crippen molar-refractivity contribution < 1.29 is 19.4 Å². The molecule has 0 saturated carbocycles. The van der Waals surface area contributed by atoms with Crippen molar-refractivity contribution in [2.45, 2.75) is 25.2 Å². The Morgan fingerprint density at radius 3 is 2.25 bits per heavy atom. The van der Waals surface area contributed by atoms with Gasteiger partial charge < -0.3 is 15.2 Å². The molecule has 0 saturated heterocycles. The average Bonchev–Trinajstić information content (AvgIpc) is 3.05. The molecule has 2 aliphatic carbocycles. The summed E-state index contributed by atoms with van der Waals surface area (Å²) >= 11 is 0. The maximum absolute atomic E-state index is 12.2. The molecule has 5 heteroatoms. The second-order valence-electron chi connectivity index (χ2n) is 7.38. The lowest BCUT2D eigenvalue weighted by atomic mass is 9.89. The molecule has 0 aromatic heterocycles. The summed E-state index contributed by atoms with van der Waals surface area (Å²) in [6.07, 6.45) is 3.32. The lowest BCUT2D eigenvalue weighted by Crippen LogP contribution is -2.31. The molecule has 2 aromatic carbocycles. The predicted octanol–water partition coefficient (Wildman–Crippen LogP) is 4.34. The first-order chi connectivity index (χ1) is 13.6. The smallest absolute Gasteiger partial charge is 0.407 e. The molecule has 4 rings (SSSR count). The molecule has 28 heavy (non-hydrogen) atoms. The van der Waals surface area contributed by atoms with Gasteiger partial charge in [0.25, 0.3) is 0 Å². The van der Waals surface area contributed by atoms with Gasteiger partial charge in [0.05, 0.1) is 0 Å². The lowest BCUT2D eigenvalue weighted by molar-refractivity contribution is -0.132. The topological polar surface area (TPSA) is 75.6 Å². The summed E-state index contributed by atoms with van der Waals surface area (Å²) in [7, 11) is 0. The number of benzene rings is 2. The van der Waals surface area contributed by atoms with Crippen LogP contribution in [-0.4, -0.2) is 30.3 Å². The number of alkyl carbamates (subject to hydrolysis) is 1. The van der Waals surface area contributed by atoms with Crippen molar-refractivity contribution in [2.75, 3.05) is 13.2 Å². The number of amides is 1. The number of allylic oxidation sites excluding steroid dienone is 1. The van der Waals surface area contributed by atoms with Crippen molar-refractivity contribution >= 4 is 12.1 Å². The molecule has 2 N–H and O–H groups in total. The van der Waals surface area contributed by atoms with Crippen LogP contribution in [0.4, 0.5) is 4.79 Å². The minimum Gasteiger partial charge on any atom is -0.478 e. The zero-order valence-corrected chi connectivity index (χ0v) is 15.6. The number of rotatable bonds is 5. The fourth-order valence-corrected chi connectivity index (χ4v) is 4.15. The molecule has 1 unspecified atom stereocenters. The first-order valence-electron chi connectivity index (χ1n) is 9.64. The number of hydrogen-bond acceptors (Lipinski definition) is 3. The van der Waals surface area contributed by atoms with E-state index in [4.69, 9.17) is 9.84 Å². The minimum atomic E-state index is -0.844. The second kappa shape index (κ2) is 7.89. The van der Waals surface area contributed by atoms with Crippen molar-refractivity contribution in [3.8, 4) is 11.1 Å². The molecule has 0 fully saturated rings. The summed E-state index contributed by atoms with van der Waals surface area (Å²) in [6, 6.07) is 16.5. The third-order valence-electron chi connectivity index (χ3n) is 5.67.